The molecule has 2 aromatic rings. The highest BCUT2D eigenvalue weighted by molar-refractivity contribution is 6.30. The van der Waals surface area contributed by atoms with Crippen molar-refractivity contribution in [3.63, 3.8) is 0 Å². The van der Waals surface area contributed by atoms with Crippen LogP contribution in [0.4, 0.5) is 0 Å². The van der Waals surface area contributed by atoms with E-state index < -0.39 is 18.5 Å². The van der Waals surface area contributed by atoms with Gasteiger partial charge in [-0.3, -0.25) is 0 Å². The van der Waals surface area contributed by atoms with Crippen LogP contribution < -0.4 is 4.74 Å². The van der Waals surface area contributed by atoms with Gasteiger partial charge in [0.25, 0.3) is 0 Å². The van der Waals surface area contributed by atoms with Gasteiger partial charge in [0.2, 0.25) is 0 Å². The molecule has 2 aromatic carbocycles. The summed E-state index contributed by atoms with van der Waals surface area (Å²) < 4.78 is 5.27. The highest BCUT2D eigenvalue weighted by Gasteiger charge is 2.20. The van der Waals surface area contributed by atoms with Gasteiger partial charge >= 0.3 is 11.9 Å². The molecule has 0 spiro atoms. The Morgan fingerprint density at radius 3 is 2.44 bits per heavy atom. The smallest absolute Gasteiger partial charge is 0.341 e. The predicted octanol–water partition coefficient (Wildman–Crippen LogP) is 3.92. The third kappa shape index (κ3) is 5.24. The number of halogens is 1. The molecule has 142 valence electrons. The molecule has 0 saturated heterocycles. The number of carboxylic acid groups (broad SMARTS) is 2. The van der Waals surface area contributed by atoms with Gasteiger partial charge in [-0.05, 0) is 54.8 Å². The molecule has 0 aliphatic rings. The van der Waals surface area contributed by atoms with Crippen LogP contribution in [0.1, 0.15) is 23.6 Å². The van der Waals surface area contributed by atoms with Crippen LogP contribution in [0.5, 0.6) is 11.5 Å². The van der Waals surface area contributed by atoms with Gasteiger partial charge < -0.3 is 20.1 Å². The van der Waals surface area contributed by atoms with Crippen LogP contribution in [0, 0.1) is 6.92 Å². The van der Waals surface area contributed by atoms with Crippen LogP contribution in [-0.4, -0.2) is 33.9 Å². The Morgan fingerprint density at radius 2 is 1.85 bits per heavy atom. The maximum Gasteiger partial charge on any atom is 0.341 e. The molecule has 6 nitrogen and oxygen atoms in total. The number of aliphatic carboxylic acids is 2. The fourth-order valence-corrected chi connectivity index (χ4v) is 2.95. The summed E-state index contributed by atoms with van der Waals surface area (Å²) in [7, 11) is 0. The van der Waals surface area contributed by atoms with Gasteiger partial charge in [0.05, 0.1) is 5.56 Å². The number of carboxylic acids is 2. The van der Waals surface area contributed by atoms with Crippen molar-refractivity contribution in [1.29, 1.82) is 0 Å². The Kier molecular flexibility index (Phi) is 6.47. The van der Waals surface area contributed by atoms with Crippen molar-refractivity contribution in [1.82, 2.24) is 0 Å². The fourth-order valence-electron chi connectivity index (χ4n) is 2.74. The predicted molar refractivity (Wildman–Crippen MR) is 101 cm³/mol. The van der Waals surface area contributed by atoms with E-state index in [0.29, 0.717) is 16.1 Å². The number of benzene rings is 2. The van der Waals surface area contributed by atoms with E-state index in [2.05, 4.69) is 0 Å². The largest absolute Gasteiger partial charge is 0.507 e. The molecule has 0 radical (unpaired) electrons. The summed E-state index contributed by atoms with van der Waals surface area (Å²) in [6.07, 6.45) is 0.0768. The van der Waals surface area contributed by atoms with Crippen LogP contribution in [0.2, 0.25) is 5.02 Å². The van der Waals surface area contributed by atoms with E-state index in [4.69, 9.17) is 21.4 Å². The summed E-state index contributed by atoms with van der Waals surface area (Å²) in [6, 6.07) is 9.84. The van der Waals surface area contributed by atoms with E-state index >= 15 is 0 Å². The standard InChI is InChI=1S/C20H19ClO6/c1-11-6-16(22)19(17(7-11)27-10-18(23)24)12(2)15(20(25)26)9-13-4-3-5-14(21)8-13/h3-8,22H,9-10H2,1-2H3,(H,23,24)(H,25,26). The lowest BCUT2D eigenvalue weighted by Gasteiger charge is -2.16. The molecule has 3 N–H and O–H groups in total. The van der Waals surface area contributed by atoms with Crippen molar-refractivity contribution in [3.8, 4) is 11.5 Å². The molecule has 0 heterocycles. The monoisotopic (exact) mass is 390 g/mol. The van der Waals surface area contributed by atoms with Gasteiger partial charge in [0.15, 0.2) is 6.61 Å². The van der Waals surface area contributed by atoms with Crippen molar-refractivity contribution in [2.75, 3.05) is 6.61 Å². The van der Waals surface area contributed by atoms with E-state index in [1.54, 1.807) is 44.2 Å². The zero-order valence-corrected chi connectivity index (χ0v) is 15.6. The van der Waals surface area contributed by atoms with Crippen molar-refractivity contribution < 1.29 is 29.6 Å². The molecule has 0 aliphatic carbocycles. The molecule has 0 saturated carbocycles. The van der Waals surface area contributed by atoms with Crippen LogP contribution in [-0.2, 0) is 16.0 Å². The maximum atomic E-state index is 11.9. The van der Waals surface area contributed by atoms with Gasteiger partial charge in [-0.15, -0.1) is 0 Å². The first kappa shape index (κ1) is 20.3. The van der Waals surface area contributed by atoms with Crippen molar-refractivity contribution in [2.24, 2.45) is 0 Å². The summed E-state index contributed by atoms with van der Waals surface area (Å²) in [6.45, 7) is 2.64. The number of rotatable bonds is 7. The SMILES string of the molecule is CC(=C(Cc1cccc(Cl)c1)C(=O)O)c1c(O)cc(C)cc1OCC(=O)O. The molecule has 7 heteroatoms. The Balaban J connectivity index is 2.57. The normalized spacial score (nSPS) is 11.7. The number of ether oxygens (including phenoxy) is 1. The van der Waals surface area contributed by atoms with E-state index in [1.165, 1.54) is 6.07 Å². The summed E-state index contributed by atoms with van der Waals surface area (Å²) in [5.74, 6) is -2.41. The third-order valence-corrected chi connectivity index (χ3v) is 4.17. The number of aromatic hydroxyl groups is 1. The summed E-state index contributed by atoms with van der Waals surface area (Å²) in [5.41, 5.74) is 1.81. The average molecular weight is 391 g/mol. The van der Waals surface area contributed by atoms with Gasteiger partial charge in [0, 0.05) is 17.0 Å². The van der Waals surface area contributed by atoms with E-state index in [9.17, 15) is 19.8 Å². The minimum atomic E-state index is -1.18. The third-order valence-electron chi connectivity index (χ3n) is 3.93. The molecule has 0 atom stereocenters. The first-order valence-corrected chi connectivity index (χ1v) is 8.43. The number of hydrogen-bond acceptors (Lipinski definition) is 4. The molecular formula is C20H19ClO6. The molecule has 0 bridgehead atoms. The molecule has 0 aromatic heterocycles. The average Bonchev–Trinajstić information content (AvgIpc) is 2.56. The lowest BCUT2D eigenvalue weighted by atomic mass is 9.94. The van der Waals surface area contributed by atoms with Gasteiger partial charge in [-0.25, -0.2) is 9.59 Å². The van der Waals surface area contributed by atoms with Crippen LogP contribution >= 0.6 is 11.6 Å². The molecule has 2 rings (SSSR count). The second-order valence-corrected chi connectivity index (χ2v) is 6.49. The van der Waals surface area contributed by atoms with E-state index in [1.807, 2.05) is 0 Å². The Bertz CT molecular complexity index is 917. The number of aryl methyl sites for hydroxylation is 1. The number of allylic oxidation sites excluding steroid dienone is 1. The highest BCUT2D eigenvalue weighted by Crippen LogP contribution is 2.37. The van der Waals surface area contributed by atoms with Crippen molar-refractivity contribution in [3.05, 3.63) is 63.7 Å². The molecule has 0 amide bonds. The first-order chi connectivity index (χ1) is 12.7. The second-order valence-electron chi connectivity index (χ2n) is 6.06. The molecule has 0 unspecified atom stereocenters. The number of hydrogen-bond donors (Lipinski definition) is 3. The highest BCUT2D eigenvalue weighted by atomic mass is 35.5. The molecule has 0 fully saturated rings. The fraction of sp³-hybridized carbons (Fsp3) is 0.200. The lowest BCUT2D eigenvalue weighted by molar-refractivity contribution is -0.139. The Labute approximate surface area is 161 Å². The van der Waals surface area contributed by atoms with Crippen LogP contribution in [0.25, 0.3) is 5.57 Å². The summed E-state index contributed by atoms with van der Waals surface area (Å²) >= 11 is 5.96. The molecular weight excluding hydrogens is 372 g/mol. The number of carbonyl (C=O) groups is 2. The second kappa shape index (κ2) is 8.60. The maximum absolute atomic E-state index is 11.9. The van der Waals surface area contributed by atoms with E-state index in [-0.39, 0.29) is 34.6 Å². The minimum Gasteiger partial charge on any atom is -0.507 e. The quantitative estimate of drug-likeness (QED) is 0.619. The van der Waals surface area contributed by atoms with Crippen LogP contribution in [0.15, 0.2) is 42.0 Å². The zero-order valence-electron chi connectivity index (χ0n) is 14.8. The van der Waals surface area contributed by atoms with E-state index in [0.717, 1.165) is 0 Å². The number of phenolic OH excluding ortho intramolecular Hbond substituents is 1. The Hall–Kier alpha value is -2.99. The first-order valence-electron chi connectivity index (χ1n) is 8.05. The summed E-state index contributed by atoms with van der Waals surface area (Å²) in [4.78, 5) is 22.7. The molecule has 0 aliphatic heterocycles. The van der Waals surface area contributed by atoms with Crippen molar-refractivity contribution >= 4 is 29.1 Å². The summed E-state index contributed by atoms with van der Waals surface area (Å²) in [5, 5.41) is 29.4. The Morgan fingerprint density at radius 1 is 1.15 bits per heavy atom. The van der Waals surface area contributed by atoms with Crippen molar-refractivity contribution in [2.45, 2.75) is 20.3 Å². The number of phenols is 1. The van der Waals surface area contributed by atoms with Crippen LogP contribution in [0.3, 0.4) is 0 Å². The topological polar surface area (TPSA) is 104 Å². The van der Waals surface area contributed by atoms with Gasteiger partial charge in [0.1, 0.15) is 11.5 Å². The zero-order chi connectivity index (χ0) is 20.1. The van der Waals surface area contributed by atoms with Gasteiger partial charge in [-0.2, -0.15) is 0 Å². The minimum absolute atomic E-state index is 0.0385. The van der Waals surface area contributed by atoms with Gasteiger partial charge in [-0.1, -0.05) is 23.7 Å². The molecule has 27 heavy (non-hydrogen) atoms. The lowest BCUT2D eigenvalue weighted by Crippen LogP contribution is -2.12.